The first-order chi connectivity index (χ1) is 4.11. The Bertz CT molecular complexity index is 147. The van der Waals surface area contributed by atoms with Crippen molar-refractivity contribution in [2.24, 2.45) is 16.6 Å². The zero-order chi connectivity index (χ0) is 6.70. The lowest BCUT2D eigenvalue weighted by atomic mass is 9.97. The quantitative estimate of drug-likeness (QED) is 0.565. The van der Waals surface area contributed by atoms with Crippen LogP contribution in [-0.2, 0) is 0 Å². The van der Waals surface area contributed by atoms with Crippen molar-refractivity contribution in [2.45, 2.75) is 39.2 Å². The normalized spacial score (nSPS) is 47.0. The predicted molar refractivity (Wildman–Crippen MR) is 38.0 cm³/mol. The van der Waals surface area contributed by atoms with E-state index in [1.807, 2.05) is 0 Å². The van der Waals surface area contributed by atoms with E-state index in [-0.39, 0.29) is 0 Å². The van der Waals surface area contributed by atoms with E-state index >= 15 is 0 Å². The molecule has 0 aliphatic heterocycles. The molecule has 0 amide bonds. The van der Waals surface area contributed by atoms with Gasteiger partial charge in [0.2, 0.25) is 0 Å². The van der Waals surface area contributed by atoms with Crippen molar-refractivity contribution >= 4 is 0 Å². The van der Waals surface area contributed by atoms with E-state index in [2.05, 4.69) is 13.8 Å². The molecular weight excluding hydrogens is 110 g/mol. The van der Waals surface area contributed by atoms with Gasteiger partial charge in [-0.2, -0.15) is 0 Å². The van der Waals surface area contributed by atoms with Gasteiger partial charge in [0, 0.05) is 6.04 Å². The smallest absolute Gasteiger partial charge is 0.00699 e. The fraction of sp³-hybridized carbons (Fsp3) is 1.00. The van der Waals surface area contributed by atoms with Gasteiger partial charge in [0.05, 0.1) is 0 Å². The van der Waals surface area contributed by atoms with Crippen molar-refractivity contribution in [1.29, 1.82) is 0 Å². The molecule has 0 bridgehead atoms. The van der Waals surface area contributed by atoms with Gasteiger partial charge in [-0.3, -0.25) is 0 Å². The second kappa shape index (κ2) is 1.20. The lowest BCUT2D eigenvalue weighted by Gasteiger charge is -2.14. The van der Waals surface area contributed by atoms with Crippen molar-refractivity contribution < 1.29 is 0 Å². The molecule has 0 aromatic rings. The summed E-state index contributed by atoms with van der Waals surface area (Å²) in [5.41, 5.74) is 7.13. The van der Waals surface area contributed by atoms with Crippen LogP contribution in [-0.4, -0.2) is 6.04 Å². The van der Waals surface area contributed by atoms with Gasteiger partial charge in [-0.15, -0.1) is 0 Å². The second-order valence-corrected chi connectivity index (χ2v) is 4.16. The molecule has 1 unspecified atom stereocenters. The molecule has 0 aromatic carbocycles. The van der Waals surface area contributed by atoms with Gasteiger partial charge in [0.25, 0.3) is 0 Å². The number of hydrogen-bond acceptors (Lipinski definition) is 1. The Morgan fingerprint density at radius 1 is 1.44 bits per heavy atom. The minimum atomic E-state index is 0.417. The van der Waals surface area contributed by atoms with Crippen LogP contribution in [0.5, 0.6) is 0 Å². The Balaban J connectivity index is 2.12. The molecule has 1 heteroatoms. The average molecular weight is 125 g/mol. The zero-order valence-corrected chi connectivity index (χ0v) is 6.28. The Labute approximate surface area is 56.6 Å². The van der Waals surface area contributed by atoms with Crippen LogP contribution >= 0.6 is 0 Å². The third-order valence-electron chi connectivity index (χ3n) is 3.65. The van der Waals surface area contributed by atoms with E-state index in [9.17, 15) is 0 Å². The summed E-state index contributed by atoms with van der Waals surface area (Å²) in [4.78, 5) is 0. The van der Waals surface area contributed by atoms with Gasteiger partial charge >= 0.3 is 0 Å². The Morgan fingerprint density at radius 3 is 2.11 bits per heavy atom. The summed E-state index contributed by atoms with van der Waals surface area (Å²) in [6, 6.07) is 0.417. The van der Waals surface area contributed by atoms with Crippen molar-refractivity contribution in [1.82, 2.24) is 0 Å². The second-order valence-electron chi connectivity index (χ2n) is 4.16. The number of rotatable bonds is 1. The van der Waals surface area contributed by atoms with Crippen LogP contribution in [0.1, 0.15) is 33.1 Å². The highest BCUT2D eigenvalue weighted by molar-refractivity contribution is 5.22. The molecule has 0 heterocycles. The van der Waals surface area contributed by atoms with Crippen LogP contribution in [0.2, 0.25) is 0 Å². The molecule has 0 radical (unpaired) electrons. The summed E-state index contributed by atoms with van der Waals surface area (Å²) in [6.45, 7) is 4.48. The van der Waals surface area contributed by atoms with Crippen LogP contribution in [0.15, 0.2) is 0 Å². The molecule has 52 valence electrons. The van der Waals surface area contributed by atoms with Gasteiger partial charge in [-0.05, 0) is 37.0 Å². The summed E-state index contributed by atoms with van der Waals surface area (Å²) in [7, 11) is 0. The Hall–Kier alpha value is -0.0400. The lowest BCUT2D eigenvalue weighted by molar-refractivity contribution is 0.410. The predicted octanol–water partition coefficient (Wildman–Crippen LogP) is 1.52. The molecule has 2 fully saturated rings. The first-order valence-electron chi connectivity index (χ1n) is 3.86. The molecule has 2 N–H and O–H groups in total. The minimum absolute atomic E-state index is 0.417. The minimum Gasteiger partial charge on any atom is -0.327 e. The van der Waals surface area contributed by atoms with E-state index in [4.69, 9.17) is 5.73 Å². The van der Waals surface area contributed by atoms with Crippen molar-refractivity contribution in [3.05, 3.63) is 0 Å². The summed E-state index contributed by atoms with van der Waals surface area (Å²) in [6.07, 6.45) is 4.30. The van der Waals surface area contributed by atoms with Gasteiger partial charge in [0.15, 0.2) is 0 Å². The van der Waals surface area contributed by atoms with E-state index in [0.29, 0.717) is 11.5 Å². The van der Waals surface area contributed by atoms with Gasteiger partial charge in [-0.25, -0.2) is 0 Å². The topological polar surface area (TPSA) is 26.0 Å². The van der Waals surface area contributed by atoms with Crippen LogP contribution < -0.4 is 5.73 Å². The first-order valence-corrected chi connectivity index (χ1v) is 3.86. The zero-order valence-electron chi connectivity index (χ0n) is 6.28. The largest absolute Gasteiger partial charge is 0.327 e. The van der Waals surface area contributed by atoms with Gasteiger partial charge in [0.1, 0.15) is 0 Å². The molecule has 2 saturated carbocycles. The Morgan fingerprint density at radius 2 is 2.00 bits per heavy atom. The molecule has 2 aliphatic carbocycles. The maximum absolute atomic E-state index is 5.85. The molecule has 0 saturated heterocycles. The highest BCUT2D eigenvalue weighted by Gasteiger charge is 2.72. The maximum atomic E-state index is 5.85. The van der Waals surface area contributed by atoms with E-state index < -0.39 is 0 Å². The molecule has 2 aliphatic rings. The Kier molecular flexibility index (Phi) is 0.760. The molecule has 2 rings (SSSR count). The van der Waals surface area contributed by atoms with Crippen molar-refractivity contribution in [2.75, 3.05) is 0 Å². The molecule has 1 nitrogen and oxygen atoms in total. The molecule has 0 aromatic heterocycles. The SMILES string of the molecule is CC(N)[C@@]1(C)CC12CC2. The summed E-state index contributed by atoms with van der Waals surface area (Å²) < 4.78 is 0. The third kappa shape index (κ3) is 0.493. The number of hydrogen-bond donors (Lipinski definition) is 1. The highest BCUT2D eigenvalue weighted by Crippen LogP contribution is 2.79. The maximum Gasteiger partial charge on any atom is 0.00699 e. The summed E-state index contributed by atoms with van der Waals surface area (Å²) >= 11 is 0. The average Bonchev–Trinajstić information content (AvgIpc) is 2.56. The van der Waals surface area contributed by atoms with E-state index in [0.717, 1.165) is 5.41 Å². The van der Waals surface area contributed by atoms with Crippen LogP contribution in [0.3, 0.4) is 0 Å². The van der Waals surface area contributed by atoms with E-state index in [1.54, 1.807) is 0 Å². The van der Waals surface area contributed by atoms with Crippen molar-refractivity contribution in [3.63, 3.8) is 0 Å². The molecule has 1 spiro atoms. The molecule has 9 heavy (non-hydrogen) atoms. The fourth-order valence-corrected chi connectivity index (χ4v) is 2.20. The third-order valence-corrected chi connectivity index (χ3v) is 3.65. The van der Waals surface area contributed by atoms with E-state index in [1.165, 1.54) is 19.3 Å². The fourth-order valence-electron chi connectivity index (χ4n) is 2.20. The van der Waals surface area contributed by atoms with Gasteiger partial charge < -0.3 is 5.73 Å². The highest BCUT2D eigenvalue weighted by atomic mass is 14.8. The monoisotopic (exact) mass is 125 g/mol. The van der Waals surface area contributed by atoms with Crippen LogP contribution in [0.25, 0.3) is 0 Å². The first kappa shape index (κ1) is 5.72. The van der Waals surface area contributed by atoms with Gasteiger partial charge in [-0.1, -0.05) is 6.92 Å². The number of nitrogens with two attached hydrogens (primary N) is 1. The lowest BCUT2D eigenvalue weighted by Crippen LogP contribution is -2.27. The van der Waals surface area contributed by atoms with Crippen molar-refractivity contribution in [3.8, 4) is 0 Å². The molecule has 2 atom stereocenters. The summed E-state index contributed by atoms with van der Waals surface area (Å²) in [5.74, 6) is 0. The van der Waals surface area contributed by atoms with Crippen LogP contribution in [0.4, 0.5) is 0 Å². The standard InChI is InChI=1S/C8H15N/c1-6(9)7(2)5-8(7)3-4-8/h6H,3-5,9H2,1-2H3/t6?,7-/m1/s1. The summed E-state index contributed by atoms with van der Waals surface area (Å²) in [5, 5.41) is 0. The molecular formula is C8H15N. The van der Waals surface area contributed by atoms with Crippen LogP contribution in [0, 0.1) is 10.8 Å².